The Labute approximate surface area is 203 Å². The van der Waals surface area contributed by atoms with E-state index in [1.54, 1.807) is 11.3 Å². The Balaban J connectivity index is 1.37. The van der Waals surface area contributed by atoms with Gasteiger partial charge in [-0.25, -0.2) is 14.8 Å². The van der Waals surface area contributed by atoms with Crippen molar-refractivity contribution in [2.24, 2.45) is 0 Å². The lowest BCUT2D eigenvalue weighted by Crippen LogP contribution is -2.16. The fraction of sp³-hybridized carbons (Fsp3) is 0.250. The molecule has 0 bridgehead atoms. The van der Waals surface area contributed by atoms with Gasteiger partial charge in [0.1, 0.15) is 21.2 Å². The highest BCUT2D eigenvalue weighted by atomic mass is 32.2. The number of carbonyl (C=O) groups excluding carboxylic acids is 2. The van der Waals surface area contributed by atoms with Crippen LogP contribution in [-0.2, 0) is 22.4 Å². The van der Waals surface area contributed by atoms with Crippen LogP contribution in [0, 0.1) is 0 Å². The highest BCUT2D eigenvalue weighted by Gasteiger charge is 2.27. The third-order valence-electron chi connectivity index (χ3n) is 5.57. The molecular weight excluding hydrogens is 474 g/mol. The highest BCUT2D eigenvalue weighted by molar-refractivity contribution is 8.00. The Hall–Kier alpha value is -2.75. The summed E-state index contributed by atoms with van der Waals surface area (Å²) >= 11 is 4.44. The second-order valence-electron chi connectivity index (χ2n) is 7.62. The Kier molecular flexibility index (Phi) is 6.43. The van der Waals surface area contributed by atoms with Crippen LogP contribution in [0.2, 0.25) is 0 Å². The molecule has 6 nitrogen and oxygen atoms in total. The van der Waals surface area contributed by atoms with Crippen LogP contribution in [0.3, 0.4) is 0 Å². The molecule has 0 unspecified atom stereocenters. The van der Waals surface area contributed by atoms with E-state index in [0.717, 1.165) is 57.6 Å². The number of benzene rings is 1. The van der Waals surface area contributed by atoms with Crippen molar-refractivity contribution < 1.29 is 14.3 Å². The molecule has 1 aliphatic rings. The van der Waals surface area contributed by atoms with E-state index in [-0.39, 0.29) is 17.6 Å². The summed E-state index contributed by atoms with van der Waals surface area (Å²) in [6.07, 6.45) is 5.47. The summed E-state index contributed by atoms with van der Waals surface area (Å²) in [6.45, 7) is 0. The van der Waals surface area contributed by atoms with Crippen molar-refractivity contribution in [1.29, 1.82) is 0 Å². The fourth-order valence-corrected chi connectivity index (χ4v) is 7.14. The number of methoxy groups -OCH3 is 1. The number of aromatic nitrogens is 2. The number of hydrogen-bond donors (Lipinski definition) is 1. The van der Waals surface area contributed by atoms with Crippen molar-refractivity contribution in [2.45, 2.75) is 30.7 Å². The zero-order chi connectivity index (χ0) is 22.8. The summed E-state index contributed by atoms with van der Waals surface area (Å²) < 4.78 is 5.00. The van der Waals surface area contributed by atoms with Crippen LogP contribution in [0.15, 0.2) is 47.1 Å². The minimum atomic E-state index is -0.388. The summed E-state index contributed by atoms with van der Waals surface area (Å²) in [7, 11) is 1.38. The van der Waals surface area contributed by atoms with E-state index in [1.165, 1.54) is 41.4 Å². The van der Waals surface area contributed by atoms with Crippen molar-refractivity contribution in [1.82, 2.24) is 9.97 Å². The number of amides is 1. The molecule has 0 aliphatic heterocycles. The van der Waals surface area contributed by atoms with Crippen LogP contribution in [0.5, 0.6) is 0 Å². The first-order valence-electron chi connectivity index (χ1n) is 10.6. The van der Waals surface area contributed by atoms with E-state index >= 15 is 0 Å². The van der Waals surface area contributed by atoms with Crippen molar-refractivity contribution in [3.05, 3.63) is 58.0 Å². The first-order chi connectivity index (χ1) is 16.2. The van der Waals surface area contributed by atoms with Crippen molar-refractivity contribution >= 4 is 61.5 Å². The minimum absolute atomic E-state index is 0.174. The average molecular weight is 496 g/mol. The standard InChI is InChI=1S/C24H21N3O3S3/c1-30-24(29)20-15-9-5-6-10-17(15)33-23(20)27-18(28)12-32-22-19-16(14-7-3-2-4-8-14)11-31-21(19)25-13-26-22/h2-4,7-8,11,13H,5-6,9-10,12H2,1H3,(H,27,28). The Morgan fingerprint density at radius 2 is 1.97 bits per heavy atom. The zero-order valence-corrected chi connectivity index (χ0v) is 20.4. The summed E-state index contributed by atoms with van der Waals surface area (Å²) in [4.78, 5) is 36.2. The number of aryl methyl sites for hydroxylation is 1. The molecule has 0 fully saturated rings. The van der Waals surface area contributed by atoms with Crippen molar-refractivity contribution in [3.8, 4) is 11.1 Å². The monoisotopic (exact) mass is 495 g/mol. The molecule has 3 aromatic heterocycles. The molecular formula is C24H21N3O3S3. The molecule has 5 rings (SSSR count). The van der Waals surface area contributed by atoms with Crippen LogP contribution in [0.4, 0.5) is 5.00 Å². The first kappa shape index (κ1) is 22.1. The van der Waals surface area contributed by atoms with Crippen LogP contribution < -0.4 is 5.32 Å². The predicted molar refractivity (Wildman–Crippen MR) is 135 cm³/mol. The number of thioether (sulfide) groups is 1. The summed E-state index contributed by atoms with van der Waals surface area (Å²) in [5, 5.41) is 7.37. The van der Waals surface area contributed by atoms with E-state index in [9.17, 15) is 9.59 Å². The van der Waals surface area contributed by atoms with Gasteiger partial charge in [0.15, 0.2) is 0 Å². The topological polar surface area (TPSA) is 81.2 Å². The van der Waals surface area contributed by atoms with Crippen LogP contribution >= 0.6 is 34.4 Å². The van der Waals surface area contributed by atoms with Gasteiger partial charge in [0.2, 0.25) is 5.91 Å². The molecule has 33 heavy (non-hydrogen) atoms. The summed E-state index contributed by atoms with van der Waals surface area (Å²) in [5.41, 5.74) is 3.71. The number of esters is 1. The smallest absolute Gasteiger partial charge is 0.341 e. The molecule has 0 radical (unpaired) electrons. The van der Waals surface area contributed by atoms with Gasteiger partial charge in [0, 0.05) is 15.8 Å². The van der Waals surface area contributed by atoms with Gasteiger partial charge in [0.05, 0.1) is 23.8 Å². The number of nitrogens with zero attached hydrogens (tertiary/aromatic N) is 2. The maximum atomic E-state index is 12.9. The van der Waals surface area contributed by atoms with Crippen molar-refractivity contribution in [2.75, 3.05) is 18.2 Å². The normalized spacial score (nSPS) is 13.0. The van der Waals surface area contributed by atoms with E-state index in [4.69, 9.17) is 4.74 Å². The lowest BCUT2D eigenvalue weighted by atomic mass is 9.95. The van der Waals surface area contributed by atoms with E-state index in [0.29, 0.717) is 10.6 Å². The molecule has 1 amide bonds. The molecule has 168 valence electrons. The maximum Gasteiger partial charge on any atom is 0.341 e. The lowest BCUT2D eigenvalue weighted by molar-refractivity contribution is -0.113. The van der Waals surface area contributed by atoms with E-state index < -0.39 is 0 Å². The average Bonchev–Trinajstić information content (AvgIpc) is 3.44. The molecule has 1 N–H and O–H groups in total. The van der Waals surface area contributed by atoms with Gasteiger partial charge in [-0.15, -0.1) is 22.7 Å². The molecule has 0 atom stereocenters. The Morgan fingerprint density at radius 1 is 1.15 bits per heavy atom. The number of fused-ring (bicyclic) bond motifs is 2. The van der Waals surface area contributed by atoms with Gasteiger partial charge in [0.25, 0.3) is 0 Å². The van der Waals surface area contributed by atoms with Crippen molar-refractivity contribution in [3.63, 3.8) is 0 Å². The van der Waals surface area contributed by atoms with Gasteiger partial charge in [-0.2, -0.15) is 0 Å². The first-order valence-corrected chi connectivity index (χ1v) is 13.3. The molecule has 9 heteroatoms. The lowest BCUT2D eigenvalue weighted by Gasteiger charge is -2.11. The molecule has 3 heterocycles. The Bertz CT molecular complexity index is 1330. The van der Waals surface area contributed by atoms with Gasteiger partial charge >= 0.3 is 5.97 Å². The quantitative estimate of drug-likeness (QED) is 0.206. The van der Waals surface area contributed by atoms with Crippen LogP contribution in [0.1, 0.15) is 33.6 Å². The molecule has 0 saturated carbocycles. The third-order valence-corrected chi connectivity index (χ3v) is 8.66. The second-order valence-corrected chi connectivity index (χ2v) is 10.5. The maximum absolute atomic E-state index is 12.9. The SMILES string of the molecule is COC(=O)c1c(NC(=O)CSc2ncnc3scc(-c4ccccc4)c23)sc2c1CCCC2. The highest BCUT2D eigenvalue weighted by Crippen LogP contribution is 2.40. The molecule has 0 spiro atoms. The molecule has 1 aromatic carbocycles. The number of hydrogen-bond acceptors (Lipinski definition) is 8. The van der Waals surface area contributed by atoms with E-state index in [2.05, 4.69) is 32.8 Å². The third kappa shape index (κ3) is 4.40. The van der Waals surface area contributed by atoms with Crippen LogP contribution in [0.25, 0.3) is 21.3 Å². The molecule has 1 aliphatic carbocycles. The van der Waals surface area contributed by atoms with Gasteiger partial charge in [-0.05, 0) is 36.8 Å². The Morgan fingerprint density at radius 3 is 2.79 bits per heavy atom. The second kappa shape index (κ2) is 9.62. The van der Waals surface area contributed by atoms with Gasteiger partial charge in [-0.1, -0.05) is 42.1 Å². The summed E-state index contributed by atoms with van der Waals surface area (Å²) in [5.74, 6) is -0.382. The number of ether oxygens (including phenoxy) is 1. The largest absolute Gasteiger partial charge is 0.465 e. The van der Waals surface area contributed by atoms with E-state index in [1.807, 2.05) is 18.2 Å². The summed E-state index contributed by atoms with van der Waals surface area (Å²) in [6, 6.07) is 10.1. The number of rotatable bonds is 6. The number of thiophene rings is 2. The van der Waals surface area contributed by atoms with Gasteiger partial charge < -0.3 is 10.1 Å². The van der Waals surface area contributed by atoms with Gasteiger partial charge in [-0.3, -0.25) is 4.79 Å². The zero-order valence-electron chi connectivity index (χ0n) is 17.9. The minimum Gasteiger partial charge on any atom is -0.465 e. The number of nitrogens with one attached hydrogen (secondary N) is 1. The number of anilines is 1. The predicted octanol–water partition coefficient (Wildman–Crippen LogP) is 5.82. The number of carbonyl (C=O) groups is 2. The molecule has 0 saturated heterocycles. The molecule has 4 aromatic rings. The fourth-order valence-electron chi connectivity index (χ4n) is 4.06. The van der Waals surface area contributed by atoms with Crippen LogP contribution in [-0.4, -0.2) is 34.7 Å².